The highest BCUT2D eigenvalue weighted by Gasteiger charge is 2.41. The monoisotopic (exact) mass is 408 g/mol. The lowest BCUT2D eigenvalue weighted by Crippen LogP contribution is -2.57. The summed E-state index contributed by atoms with van der Waals surface area (Å²) in [6.07, 6.45) is 9.88. The summed E-state index contributed by atoms with van der Waals surface area (Å²) in [6.45, 7) is 8.47. The molecular weight excluding hydrogens is 368 g/mol. The molecule has 4 N–H and O–H groups in total. The van der Waals surface area contributed by atoms with Crippen molar-refractivity contribution < 1.29 is 9.57 Å². The summed E-state index contributed by atoms with van der Waals surface area (Å²) >= 11 is 0. The van der Waals surface area contributed by atoms with Crippen LogP contribution in [0.15, 0.2) is 0 Å². The molecule has 6 atom stereocenters. The summed E-state index contributed by atoms with van der Waals surface area (Å²) in [6, 6.07) is 1.16. The van der Waals surface area contributed by atoms with E-state index >= 15 is 0 Å². The van der Waals surface area contributed by atoms with E-state index in [2.05, 4.69) is 31.2 Å². The number of rotatable bonds is 5. The molecule has 5 heterocycles. The molecule has 8 heteroatoms. The van der Waals surface area contributed by atoms with Gasteiger partial charge in [0.1, 0.15) is 6.23 Å². The zero-order valence-corrected chi connectivity index (χ0v) is 17.8. The van der Waals surface area contributed by atoms with Gasteiger partial charge in [-0.05, 0) is 51.6 Å². The molecule has 0 aromatic heterocycles. The van der Waals surface area contributed by atoms with Crippen molar-refractivity contribution in [2.75, 3.05) is 52.5 Å². The van der Waals surface area contributed by atoms with Gasteiger partial charge in [-0.15, -0.1) is 0 Å². The van der Waals surface area contributed by atoms with Crippen LogP contribution in [0.2, 0.25) is 0 Å². The lowest BCUT2D eigenvalue weighted by atomic mass is 9.94. The Hall–Kier alpha value is -0.320. The second kappa shape index (κ2) is 9.87. The molecule has 0 aromatic rings. The van der Waals surface area contributed by atoms with Crippen LogP contribution in [-0.4, -0.2) is 92.9 Å². The summed E-state index contributed by atoms with van der Waals surface area (Å²) in [5.41, 5.74) is 3.34. The first-order valence-corrected chi connectivity index (χ1v) is 12.1. The molecule has 0 amide bonds. The third-order valence-corrected chi connectivity index (χ3v) is 7.68. The van der Waals surface area contributed by atoms with Gasteiger partial charge in [-0.2, -0.15) is 5.48 Å². The number of piperidine rings is 2. The van der Waals surface area contributed by atoms with Crippen molar-refractivity contribution in [3.8, 4) is 0 Å². The Bertz CT molecular complexity index is 505. The molecule has 5 aliphatic rings. The Morgan fingerprint density at radius 3 is 2.62 bits per heavy atom. The summed E-state index contributed by atoms with van der Waals surface area (Å²) in [5.74, 6) is 0.576. The minimum atomic E-state index is 0.114. The van der Waals surface area contributed by atoms with Crippen LogP contribution in [-0.2, 0) is 9.57 Å². The Labute approximate surface area is 175 Å². The average molecular weight is 409 g/mol. The van der Waals surface area contributed by atoms with Crippen LogP contribution in [0.5, 0.6) is 0 Å². The summed E-state index contributed by atoms with van der Waals surface area (Å²) < 4.78 is 5.50. The maximum absolute atomic E-state index is 6.09. The highest BCUT2D eigenvalue weighted by Crippen LogP contribution is 2.27. The van der Waals surface area contributed by atoms with Gasteiger partial charge in [0.05, 0.1) is 31.6 Å². The summed E-state index contributed by atoms with van der Waals surface area (Å²) in [7, 11) is 0. The smallest absolute Gasteiger partial charge is 0.146 e. The third-order valence-electron chi connectivity index (χ3n) is 7.68. The second-order valence-electron chi connectivity index (χ2n) is 9.56. The molecule has 8 nitrogen and oxygen atoms in total. The molecule has 29 heavy (non-hydrogen) atoms. The SMILES string of the molecule is C1CCC(CN2CCC[C@H]2C2NC(C3CCC(N4CCOCC4)NC3)NO2)NC1. The van der Waals surface area contributed by atoms with Crippen molar-refractivity contribution in [3.05, 3.63) is 0 Å². The van der Waals surface area contributed by atoms with Crippen molar-refractivity contribution in [1.29, 1.82) is 0 Å². The first-order valence-electron chi connectivity index (χ1n) is 12.1. The summed E-state index contributed by atoms with van der Waals surface area (Å²) in [4.78, 5) is 11.3. The molecule has 5 saturated heterocycles. The van der Waals surface area contributed by atoms with E-state index < -0.39 is 0 Å². The number of hydrogen-bond donors (Lipinski definition) is 4. The fraction of sp³-hybridized carbons (Fsp3) is 1.00. The second-order valence-corrected chi connectivity index (χ2v) is 9.56. The van der Waals surface area contributed by atoms with Gasteiger partial charge in [0, 0.05) is 38.1 Å². The van der Waals surface area contributed by atoms with Crippen LogP contribution in [0.1, 0.15) is 44.9 Å². The van der Waals surface area contributed by atoms with Gasteiger partial charge in [0.25, 0.3) is 0 Å². The van der Waals surface area contributed by atoms with Crippen molar-refractivity contribution in [2.24, 2.45) is 5.92 Å². The Morgan fingerprint density at radius 2 is 1.83 bits per heavy atom. The molecule has 0 radical (unpaired) electrons. The number of morpholine rings is 1. The van der Waals surface area contributed by atoms with Gasteiger partial charge in [-0.3, -0.25) is 20.0 Å². The van der Waals surface area contributed by atoms with Gasteiger partial charge in [-0.1, -0.05) is 6.42 Å². The van der Waals surface area contributed by atoms with E-state index in [0.717, 1.165) is 32.8 Å². The number of hydrogen-bond acceptors (Lipinski definition) is 8. The third kappa shape index (κ3) is 4.96. The molecule has 0 aromatic carbocycles. The van der Waals surface area contributed by atoms with Gasteiger partial charge in [0.15, 0.2) is 0 Å². The topological polar surface area (TPSA) is 73.1 Å². The van der Waals surface area contributed by atoms with E-state index in [1.807, 2.05) is 0 Å². The zero-order valence-electron chi connectivity index (χ0n) is 17.8. The number of hydroxylamine groups is 1. The van der Waals surface area contributed by atoms with E-state index in [9.17, 15) is 0 Å². The maximum Gasteiger partial charge on any atom is 0.146 e. The van der Waals surface area contributed by atoms with Crippen molar-refractivity contribution in [1.82, 2.24) is 31.2 Å². The minimum Gasteiger partial charge on any atom is -0.379 e. The lowest BCUT2D eigenvalue weighted by Gasteiger charge is -2.40. The van der Waals surface area contributed by atoms with E-state index in [1.165, 1.54) is 64.6 Å². The molecule has 5 fully saturated rings. The quantitative estimate of drug-likeness (QED) is 0.508. The minimum absolute atomic E-state index is 0.114. The van der Waals surface area contributed by atoms with E-state index in [-0.39, 0.29) is 12.4 Å². The molecule has 0 spiro atoms. The highest BCUT2D eigenvalue weighted by atomic mass is 16.7. The molecule has 0 bridgehead atoms. The number of likely N-dealkylation sites (tertiary alicyclic amines) is 1. The average Bonchev–Trinajstić information content (AvgIpc) is 3.45. The fourth-order valence-electron chi connectivity index (χ4n) is 5.95. The van der Waals surface area contributed by atoms with E-state index in [0.29, 0.717) is 24.2 Å². The van der Waals surface area contributed by atoms with Crippen LogP contribution < -0.4 is 21.4 Å². The first kappa shape index (κ1) is 20.6. The molecule has 5 unspecified atom stereocenters. The highest BCUT2D eigenvalue weighted by molar-refractivity contribution is 4.93. The molecule has 0 saturated carbocycles. The lowest BCUT2D eigenvalue weighted by molar-refractivity contribution is -0.0275. The maximum atomic E-state index is 6.09. The zero-order chi connectivity index (χ0) is 19.5. The van der Waals surface area contributed by atoms with Crippen LogP contribution >= 0.6 is 0 Å². The van der Waals surface area contributed by atoms with Gasteiger partial charge >= 0.3 is 0 Å². The Kier molecular flexibility index (Phi) is 7.00. The van der Waals surface area contributed by atoms with Crippen molar-refractivity contribution in [2.45, 2.75) is 75.6 Å². The number of nitrogens with one attached hydrogen (secondary N) is 4. The molecule has 0 aliphatic carbocycles. The molecule has 166 valence electrons. The first-order chi connectivity index (χ1) is 14.4. The Morgan fingerprint density at radius 1 is 0.897 bits per heavy atom. The van der Waals surface area contributed by atoms with Crippen LogP contribution in [0.3, 0.4) is 0 Å². The Balaban J connectivity index is 1.09. The van der Waals surface area contributed by atoms with Crippen LogP contribution in [0.25, 0.3) is 0 Å². The fourth-order valence-corrected chi connectivity index (χ4v) is 5.95. The standard InChI is InChI=1S/C21H40N6O2/c1-2-8-22-17(4-1)15-27-9-3-5-18(27)21-24-20(25-29-21)16-6-7-19(23-14-16)26-10-12-28-13-11-26/h16-25H,1-15H2/t16?,17?,18-,19?,20?,21?/m0/s1. The van der Waals surface area contributed by atoms with Gasteiger partial charge in [0.2, 0.25) is 0 Å². The van der Waals surface area contributed by atoms with Gasteiger partial charge < -0.3 is 15.4 Å². The largest absolute Gasteiger partial charge is 0.379 e. The normalized spacial score (nSPS) is 43.0. The van der Waals surface area contributed by atoms with Crippen LogP contribution in [0, 0.1) is 5.92 Å². The predicted molar refractivity (Wildman–Crippen MR) is 112 cm³/mol. The number of ether oxygens (including phenoxy) is 1. The summed E-state index contributed by atoms with van der Waals surface area (Å²) in [5, 5.41) is 11.3. The van der Waals surface area contributed by atoms with E-state index in [1.54, 1.807) is 0 Å². The predicted octanol–water partition coefficient (Wildman–Crippen LogP) is 0.0274. The van der Waals surface area contributed by atoms with Crippen LogP contribution in [0.4, 0.5) is 0 Å². The van der Waals surface area contributed by atoms with Gasteiger partial charge in [-0.25, -0.2) is 0 Å². The van der Waals surface area contributed by atoms with Crippen molar-refractivity contribution >= 4 is 0 Å². The van der Waals surface area contributed by atoms with E-state index in [4.69, 9.17) is 9.57 Å². The molecule has 5 rings (SSSR count). The molecule has 5 aliphatic heterocycles. The molecular formula is C21H40N6O2. The van der Waals surface area contributed by atoms with Crippen molar-refractivity contribution in [3.63, 3.8) is 0 Å². The number of nitrogens with zero attached hydrogens (tertiary/aromatic N) is 2.